The van der Waals surface area contributed by atoms with Gasteiger partial charge in [0.05, 0.1) is 23.1 Å². The third-order valence-electron chi connectivity index (χ3n) is 5.62. The maximum Gasteiger partial charge on any atom is 0.274 e. The highest BCUT2D eigenvalue weighted by Crippen LogP contribution is 2.38. The first-order valence-corrected chi connectivity index (χ1v) is 11.4. The number of benzene rings is 2. The van der Waals surface area contributed by atoms with Gasteiger partial charge in [0.2, 0.25) is 0 Å². The van der Waals surface area contributed by atoms with Crippen molar-refractivity contribution >= 4 is 49.9 Å². The molecule has 172 valence electrons. The first-order valence-electron chi connectivity index (χ1n) is 10.6. The first kappa shape index (κ1) is 21.5. The van der Waals surface area contributed by atoms with E-state index in [1.54, 1.807) is 26.3 Å². The van der Waals surface area contributed by atoms with E-state index >= 15 is 0 Å². The highest BCUT2D eigenvalue weighted by molar-refractivity contribution is 7.21. The number of methoxy groups -OCH3 is 1. The largest absolute Gasteiger partial charge is 0.473 e. The van der Waals surface area contributed by atoms with Gasteiger partial charge in [-0.1, -0.05) is 11.3 Å². The molecule has 9 nitrogen and oxygen atoms in total. The number of piperazine rings is 1. The lowest BCUT2D eigenvalue weighted by Crippen LogP contribution is -2.54. The van der Waals surface area contributed by atoms with Gasteiger partial charge < -0.3 is 20.3 Å². The molecule has 2 aromatic heterocycles. The lowest BCUT2D eigenvalue weighted by Gasteiger charge is -2.37. The average molecular weight is 470 g/mol. The summed E-state index contributed by atoms with van der Waals surface area (Å²) < 4.78 is 20.7. The Balaban J connectivity index is 1.52. The number of rotatable bonds is 4. The van der Waals surface area contributed by atoms with E-state index in [0.29, 0.717) is 39.6 Å². The number of thiazole rings is 1. The number of hydrogen-bond acceptors (Lipinski definition) is 8. The molecule has 2 atom stereocenters. The summed E-state index contributed by atoms with van der Waals surface area (Å²) in [7, 11) is 3.18. The second-order valence-electron chi connectivity index (χ2n) is 8.34. The number of carbonyl (C=O) groups excluding carboxylic acids is 1. The summed E-state index contributed by atoms with van der Waals surface area (Å²) in [5.74, 6) is -0.933. The molecule has 5 rings (SSSR count). The minimum atomic E-state index is -0.548. The fourth-order valence-corrected chi connectivity index (χ4v) is 5.32. The van der Waals surface area contributed by atoms with Gasteiger partial charge in [-0.25, -0.2) is 9.37 Å². The van der Waals surface area contributed by atoms with Crippen molar-refractivity contribution in [1.82, 2.24) is 25.3 Å². The number of nitrogens with zero attached hydrogens (tertiary/aromatic N) is 5. The summed E-state index contributed by atoms with van der Waals surface area (Å²) in [5.41, 5.74) is 2.80. The molecule has 0 saturated carbocycles. The summed E-state index contributed by atoms with van der Waals surface area (Å²) in [5, 5.41) is 14.9. The third kappa shape index (κ3) is 3.98. The van der Waals surface area contributed by atoms with Gasteiger partial charge in [0.25, 0.3) is 11.1 Å². The van der Waals surface area contributed by atoms with Gasteiger partial charge in [-0.15, -0.1) is 0 Å². The van der Waals surface area contributed by atoms with Crippen LogP contribution in [0.2, 0.25) is 0 Å². The molecule has 1 aliphatic heterocycles. The van der Waals surface area contributed by atoms with Gasteiger partial charge in [-0.2, -0.15) is 15.0 Å². The van der Waals surface area contributed by atoms with Crippen LogP contribution >= 0.6 is 11.3 Å². The molecule has 4 aromatic rings. The Morgan fingerprint density at radius 2 is 1.97 bits per heavy atom. The molecular weight excluding hydrogens is 445 g/mol. The number of carbonyl (C=O) groups is 1. The Hall–Kier alpha value is -3.31. The van der Waals surface area contributed by atoms with Gasteiger partial charge in [0, 0.05) is 37.9 Å². The second-order valence-corrected chi connectivity index (χ2v) is 9.30. The van der Waals surface area contributed by atoms with Crippen LogP contribution in [0.1, 0.15) is 24.2 Å². The van der Waals surface area contributed by atoms with Gasteiger partial charge in [0.15, 0.2) is 5.82 Å². The lowest BCUT2D eigenvalue weighted by atomic mass is 10.1. The van der Waals surface area contributed by atoms with E-state index in [4.69, 9.17) is 4.74 Å². The fourth-order valence-electron chi connectivity index (χ4n) is 4.37. The van der Waals surface area contributed by atoms with Crippen LogP contribution in [0.25, 0.3) is 21.3 Å². The number of amides is 1. The Kier molecular flexibility index (Phi) is 5.37. The maximum atomic E-state index is 14.4. The van der Waals surface area contributed by atoms with Gasteiger partial charge in [0.1, 0.15) is 16.6 Å². The molecule has 0 bridgehead atoms. The van der Waals surface area contributed by atoms with E-state index in [-0.39, 0.29) is 11.4 Å². The van der Waals surface area contributed by atoms with Crippen molar-refractivity contribution in [2.24, 2.45) is 7.05 Å². The zero-order valence-electron chi connectivity index (χ0n) is 18.7. The zero-order chi connectivity index (χ0) is 23.3. The molecule has 0 radical (unpaired) electrons. The van der Waals surface area contributed by atoms with E-state index in [2.05, 4.69) is 44.6 Å². The molecule has 1 fully saturated rings. The maximum absolute atomic E-state index is 14.4. The number of fused-ring (bicyclic) bond motifs is 2. The Labute approximate surface area is 193 Å². The molecule has 3 heterocycles. The van der Waals surface area contributed by atoms with Crippen LogP contribution in [0.5, 0.6) is 5.19 Å². The molecule has 33 heavy (non-hydrogen) atoms. The van der Waals surface area contributed by atoms with Crippen molar-refractivity contribution in [2.45, 2.75) is 25.9 Å². The average Bonchev–Trinajstić information content (AvgIpc) is 3.35. The number of aromatic nitrogens is 4. The predicted molar refractivity (Wildman–Crippen MR) is 127 cm³/mol. The number of hydrogen-bond donors (Lipinski definition) is 2. The Morgan fingerprint density at radius 3 is 2.70 bits per heavy atom. The van der Waals surface area contributed by atoms with Crippen LogP contribution in [0.3, 0.4) is 0 Å². The minimum Gasteiger partial charge on any atom is -0.473 e. The molecule has 0 spiro atoms. The van der Waals surface area contributed by atoms with Crippen molar-refractivity contribution < 1.29 is 13.9 Å². The number of nitrogens with one attached hydrogen (secondary N) is 2. The topological polar surface area (TPSA) is 97.2 Å². The molecule has 1 saturated heterocycles. The van der Waals surface area contributed by atoms with E-state index in [0.717, 1.165) is 23.5 Å². The fraction of sp³-hybridized carbons (Fsp3) is 0.364. The molecule has 11 heteroatoms. The standard InChI is InChI=1S/C22H24FN7O2S/c1-11-9-30(10-12(2)24-11)17-6-5-14(18-20(17)33-22(26-18)32-4)21(31)25-13-7-15(23)19-16(8-13)27-29(3)28-19/h5-8,11-12,24H,9-10H2,1-4H3,(H,25,31)/t11-,12-/m0/s1. The van der Waals surface area contributed by atoms with E-state index < -0.39 is 5.82 Å². The summed E-state index contributed by atoms with van der Waals surface area (Å²) >= 11 is 1.41. The normalized spacial score (nSPS) is 18.8. The summed E-state index contributed by atoms with van der Waals surface area (Å²) in [6.45, 7) is 6.01. The second kappa shape index (κ2) is 8.23. The van der Waals surface area contributed by atoms with Crippen LogP contribution in [-0.4, -0.2) is 58.2 Å². The van der Waals surface area contributed by atoms with Crippen LogP contribution in [0, 0.1) is 5.82 Å². The molecule has 1 amide bonds. The smallest absolute Gasteiger partial charge is 0.274 e. The summed E-state index contributed by atoms with van der Waals surface area (Å²) in [6, 6.07) is 7.23. The predicted octanol–water partition coefficient (Wildman–Crippen LogP) is 3.16. The van der Waals surface area contributed by atoms with Gasteiger partial charge >= 0.3 is 0 Å². The highest BCUT2D eigenvalue weighted by Gasteiger charge is 2.26. The monoisotopic (exact) mass is 469 g/mol. The zero-order valence-corrected chi connectivity index (χ0v) is 19.5. The van der Waals surface area contributed by atoms with Gasteiger partial charge in [-0.3, -0.25) is 4.79 Å². The van der Waals surface area contributed by atoms with Crippen molar-refractivity contribution in [2.75, 3.05) is 30.4 Å². The number of aryl methyl sites for hydroxylation is 1. The summed E-state index contributed by atoms with van der Waals surface area (Å²) in [6.07, 6.45) is 0. The molecule has 0 aliphatic carbocycles. The van der Waals surface area contributed by atoms with Crippen LogP contribution < -0.4 is 20.3 Å². The van der Waals surface area contributed by atoms with E-state index in [9.17, 15) is 9.18 Å². The van der Waals surface area contributed by atoms with Crippen molar-refractivity contribution in [1.29, 1.82) is 0 Å². The quantitative estimate of drug-likeness (QED) is 0.474. The SMILES string of the molecule is COc1nc2c(C(=O)Nc3cc(F)c4nn(C)nc4c3)ccc(N3C[C@H](C)N[C@@H](C)C3)c2s1. The van der Waals surface area contributed by atoms with Crippen molar-refractivity contribution in [3.05, 3.63) is 35.6 Å². The number of anilines is 2. The van der Waals surface area contributed by atoms with E-state index in [1.807, 2.05) is 6.07 Å². The molecule has 2 aromatic carbocycles. The lowest BCUT2D eigenvalue weighted by molar-refractivity contribution is 0.102. The first-order chi connectivity index (χ1) is 15.8. The summed E-state index contributed by atoms with van der Waals surface area (Å²) in [4.78, 5) is 21.4. The van der Waals surface area contributed by atoms with E-state index in [1.165, 1.54) is 22.2 Å². The molecule has 2 N–H and O–H groups in total. The van der Waals surface area contributed by atoms with Crippen LogP contribution in [0.4, 0.5) is 15.8 Å². The third-order valence-corrected chi connectivity index (χ3v) is 6.66. The Bertz CT molecular complexity index is 1360. The van der Waals surface area contributed by atoms with Crippen molar-refractivity contribution in [3.8, 4) is 5.19 Å². The highest BCUT2D eigenvalue weighted by atomic mass is 32.1. The van der Waals surface area contributed by atoms with Crippen molar-refractivity contribution in [3.63, 3.8) is 0 Å². The number of halogens is 1. The molecule has 0 unspecified atom stereocenters. The van der Waals surface area contributed by atoms with Gasteiger partial charge in [-0.05, 0) is 38.1 Å². The Morgan fingerprint density at radius 1 is 1.21 bits per heavy atom. The van der Waals surface area contributed by atoms with Crippen LogP contribution in [0.15, 0.2) is 24.3 Å². The van der Waals surface area contributed by atoms with Crippen LogP contribution in [-0.2, 0) is 7.05 Å². The number of ether oxygens (including phenoxy) is 1. The minimum absolute atomic E-state index is 0.158. The molecular formula is C22H24FN7O2S. The molecule has 1 aliphatic rings.